The van der Waals surface area contributed by atoms with Gasteiger partial charge < -0.3 is 0 Å². The van der Waals surface area contributed by atoms with E-state index in [1.165, 1.54) is 23.7 Å². The Morgan fingerprint density at radius 3 is 2.21 bits per heavy atom. The van der Waals surface area contributed by atoms with Gasteiger partial charge in [0.25, 0.3) is 0 Å². The van der Waals surface area contributed by atoms with E-state index in [4.69, 9.17) is 0 Å². The first kappa shape index (κ1) is 12.1. The van der Waals surface area contributed by atoms with E-state index < -0.39 is 18.4 Å². The summed E-state index contributed by atoms with van der Waals surface area (Å²) in [4.78, 5) is 5.11. The molecule has 0 atom stereocenters. The Kier molecular flexibility index (Phi) is 5.00. The first-order valence-corrected chi connectivity index (χ1v) is 14.9. The van der Waals surface area contributed by atoms with Crippen LogP contribution < -0.4 is 3.58 Å². The summed E-state index contributed by atoms with van der Waals surface area (Å²) in [6, 6.07) is 11.2. The number of unbranched alkanes of at least 4 members (excludes halogenated alkanes) is 2. The van der Waals surface area contributed by atoms with Crippen LogP contribution in [0.3, 0.4) is 0 Å². The van der Waals surface area contributed by atoms with Crippen molar-refractivity contribution in [2.24, 2.45) is 0 Å². The molecule has 0 amide bonds. The van der Waals surface area contributed by atoms with Gasteiger partial charge in [-0.2, -0.15) is 0 Å². The van der Waals surface area contributed by atoms with Gasteiger partial charge in [-0.25, -0.2) is 0 Å². The number of hydrogen-bond acceptors (Lipinski definition) is 0. The molecule has 0 aromatic heterocycles. The molecule has 0 saturated heterocycles. The van der Waals surface area contributed by atoms with Crippen molar-refractivity contribution in [3.63, 3.8) is 0 Å². The van der Waals surface area contributed by atoms with Crippen molar-refractivity contribution >= 4 is 22.0 Å². The zero-order chi connectivity index (χ0) is 10.4. The van der Waals surface area contributed by atoms with E-state index in [1.807, 2.05) is 0 Å². The molecule has 0 spiro atoms. The topological polar surface area (TPSA) is 0 Å². The third kappa shape index (κ3) is 3.64. The molecule has 0 bridgehead atoms. The van der Waals surface area contributed by atoms with E-state index in [1.54, 1.807) is 3.58 Å². The Balaban J connectivity index is 2.56. The maximum absolute atomic E-state index is 2.56. The van der Waals surface area contributed by atoms with Crippen LogP contribution in [0.5, 0.6) is 0 Å². The molecule has 14 heavy (non-hydrogen) atoms. The maximum atomic E-state index is 2.56. The van der Waals surface area contributed by atoms with Crippen molar-refractivity contribution in [2.45, 2.75) is 40.5 Å². The van der Waals surface area contributed by atoms with Gasteiger partial charge in [-0.1, -0.05) is 0 Å². The predicted molar refractivity (Wildman–Crippen MR) is 67.9 cm³/mol. The first-order chi connectivity index (χ1) is 6.67. The standard InChI is InChI=1S/C6H5.C5H11.2CH3.Sn/c1-2-4-6-5-3-1;1-3-5-4-2;;;/h1-5H;1,3-5H2,2H3;2*1H3;. The summed E-state index contributed by atoms with van der Waals surface area (Å²) >= 11 is -1.86. The van der Waals surface area contributed by atoms with Gasteiger partial charge in [-0.15, -0.1) is 0 Å². The van der Waals surface area contributed by atoms with Crippen LogP contribution in [0, 0.1) is 0 Å². The summed E-state index contributed by atoms with van der Waals surface area (Å²) < 4.78 is 3.19. The second-order valence-electron chi connectivity index (χ2n) is 4.71. The Hall–Kier alpha value is 0.0187. The molecule has 0 aliphatic rings. The van der Waals surface area contributed by atoms with Gasteiger partial charge in [0.15, 0.2) is 0 Å². The molecule has 0 nitrogen and oxygen atoms in total. The van der Waals surface area contributed by atoms with Gasteiger partial charge >= 0.3 is 92.8 Å². The summed E-state index contributed by atoms with van der Waals surface area (Å²) in [5, 5.41) is 0. The van der Waals surface area contributed by atoms with Crippen molar-refractivity contribution in [1.29, 1.82) is 0 Å². The van der Waals surface area contributed by atoms with Crippen LogP contribution in [0.4, 0.5) is 0 Å². The molecule has 0 radical (unpaired) electrons. The molecule has 0 unspecified atom stereocenters. The summed E-state index contributed by atoms with van der Waals surface area (Å²) in [5.41, 5.74) is 0. The molecule has 0 aliphatic heterocycles. The molecule has 0 N–H and O–H groups in total. The molecule has 0 heterocycles. The van der Waals surface area contributed by atoms with Gasteiger partial charge in [0.1, 0.15) is 0 Å². The van der Waals surface area contributed by atoms with Gasteiger partial charge in [0.2, 0.25) is 0 Å². The number of benzene rings is 1. The molecule has 1 aromatic carbocycles. The van der Waals surface area contributed by atoms with Crippen molar-refractivity contribution in [3.8, 4) is 0 Å². The Morgan fingerprint density at radius 2 is 1.64 bits per heavy atom. The first-order valence-electron chi connectivity index (χ1n) is 5.72. The van der Waals surface area contributed by atoms with E-state index >= 15 is 0 Å². The van der Waals surface area contributed by atoms with Crippen LogP contribution in [0.1, 0.15) is 26.2 Å². The number of hydrogen-bond donors (Lipinski definition) is 0. The quantitative estimate of drug-likeness (QED) is 0.573. The van der Waals surface area contributed by atoms with Gasteiger partial charge in [-0.3, -0.25) is 0 Å². The van der Waals surface area contributed by atoms with Crippen LogP contribution in [0.25, 0.3) is 0 Å². The Morgan fingerprint density at radius 1 is 1.00 bits per heavy atom. The van der Waals surface area contributed by atoms with Crippen molar-refractivity contribution < 1.29 is 0 Å². The molecular formula is C13H22Sn. The minimum absolute atomic E-state index is 1.34. The summed E-state index contributed by atoms with van der Waals surface area (Å²) in [6.45, 7) is 2.28. The van der Waals surface area contributed by atoms with E-state index in [2.05, 4.69) is 47.1 Å². The zero-order valence-electron chi connectivity index (χ0n) is 9.72. The monoisotopic (exact) mass is 298 g/mol. The molecular weight excluding hydrogens is 275 g/mol. The molecule has 0 fully saturated rings. The van der Waals surface area contributed by atoms with E-state index in [0.29, 0.717) is 0 Å². The minimum atomic E-state index is -1.86. The fraction of sp³-hybridized carbons (Fsp3) is 0.538. The van der Waals surface area contributed by atoms with E-state index in [-0.39, 0.29) is 0 Å². The van der Waals surface area contributed by atoms with Gasteiger partial charge in [0, 0.05) is 0 Å². The number of rotatable bonds is 5. The van der Waals surface area contributed by atoms with Gasteiger partial charge in [-0.05, 0) is 0 Å². The average molecular weight is 297 g/mol. The fourth-order valence-corrected chi connectivity index (χ4v) is 9.04. The van der Waals surface area contributed by atoms with Crippen molar-refractivity contribution in [2.75, 3.05) is 0 Å². The molecule has 0 aliphatic carbocycles. The summed E-state index contributed by atoms with van der Waals surface area (Å²) in [5.74, 6) is 0. The molecule has 78 valence electrons. The van der Waals surface area contributed by atoms with Crippen molar-refractivity contribution in [1.82, 2.24) is 0 Å². The predicted octanol–water partition coefficient (Wildman–Crippen LogP) is 3.79. The van der Waals surface area contributed by atoms with Gasteiger partial charge in [0.05, 0.1) is 0 Å². The van der Waals surface area contributed by atoms with E-state index in [0.717, 1.165) is 0 Å². The van der Waals surface area contributed by atoms with Crippen LogP contribution in [0.15, 0.2) is 30.3 Å². The van der Waals surface area contributed by atoms with Crippen LogP contribution >= 0.6 is 0 Å². The van der Waals surface area contributed by atoms with Crippen LogP contribution in [0.2, 0.25) is 14.3 Å². The molecule has 1 rings (SSSR count). The summed E-state index contributed by atoms with van der Waals surface area (Å²) in [7, 11) is 0. The van der Waals surface area contributed by atoms with Crippen LogP contribution in [-0.2, 0) is 0 Å². The normalized spacial score (nSPS) is 11.6. The SMILES string of the molecule is CCCC[CH2][Sn]([CH3])([CH3])[c]1ccccc1. The fourth-order valence-electron chi connectivity index (χ4n) is 1.85. The average Bonchev–Trinajstić information content (AvgIpc) is 2.19. The zero-order valence-corrected chi connectivity index (χ0v) is 12.6. The second kappa shape index (κ2) is 5.79. The molecule has 0 saturated carbocycles. The van der Waals surface area contributed by atoms with Crippen LogP contribution in [-0.4, -0.2) is 18.4 Å². The molecule has 1 heteroatoms. The third-order valence-corrected chi connectivity index (χ3v) is 12.9. The molecule has 1 aromatic rings. The Bertz CT molecular complexity index is 251. The second-order valence-corrected chi connectivity index (χ2v) is 18.5. The van der Waals surface area contributed by atoms with Crippen molar-refractivity contribution in [3.05, 3.63) is 30.3 Å². The third-order valence-electron chi connectivity index (χ3n) is 2.96. The summed E-state index contributed by atoms with van der Waals surface area (Å²) in [6.07, 6.45) is 4.19. The Labute approximate surface area is 92.6 Å². The van der Waals surface area contributed by atoms with E-state index in [9.17, 15) is 0 Å².